The molecule has 3 fully saturated rings. The van der Waals surface area contributed by atoms with Crippen molar-refractivity contribution in [3.8, 4) is 0 Å². The zero-order valence-corrected chi connectivity index (χ0v) is 11.3. The Labute approximate surface area is 113 Å². The van der Waals surface area contributed by atoms with Gasteiger partial charge >= 0.3 is 0 Å². The second-order valence-corrected chi connectivity index (χ2v) is 5.88. The molecule has 2 atom stereocenters. The minimum absolute atomic E-state index is 0.131. The summed E-state index contributed by atoms with van der Waals surface area (Å²) in [5, 5.41) is 0. The molecule has 0 bridgehead atoms. The van der Waals surface area contributed by atoms with Gasteiger partial charge in [0.2, 0.25) is 11.8 Å². The summed E-state index contributed by atoms with van der Waals surface area (Å²) in [6, 6.07) is -0.171. The van der Waals surface area contributed by atoms with Crippen molar-refractivity contribution in [2.75, 3.05) is 32.8 Å². The lowest BCUT2D eigenvalue weighted by molar-refractivity contribution is -0.157. The average Bonchev–Trinajstić information content (AvgIpc) is 2.95. The van der Waals surface area contributed by atoms with Gasteiger partial charge in [-0.1, -0.05) is 0 Å². The first-order chi connectivity index (χ1) is 9.25. The van der Waals surface area contributed by atoms with Crippen molar-refractivity contribution in [2.24, 2.45) is 5.92 Å². The molecule has 0 aromatic rings. The zero-order chi connectivity index (χ0) is 13.2. The molecule has 0 aromatic carbocycles. The summed E-state index contributed by atoms with van der Waals surface area (Å²) >= 11 is 0. The summed E-state index contributed by atoms with van der Waals surface area (Å²) in [5.41, 5.74) is 0. The summed E-state index contributed by atoms with van der Waals surface area (Å²) in [6.07, 6.45) is 4.99. The van der Waals surface area contributed by atoms with Gasteiger partial charge < -0.3 is 14.5 Å². The minimum atomic E-state index is -0.171. The molecule has 106 valence electrons. The highest BCUT2D eigenvalue weighted by atomic mass is 16.5. The Morgan fingerprint density at radius 2 is 2.11 bits per heavy atom. The van der Waals surface area contributed by atoms with Gasteiger partial charge in [0.25, 0.3) is 0 Å². The van der Waals surface area contributed by atoms with Crippen LogP contribution < -0.4 is 0 Å². The fourth-order valence-electron chi connectivity index (χ4n) is 3.37. The second kappa shape index (κ2) is 5.49. The van der Waals surface area contributed by atoms with Gasteiger partial charge in [-0.15, -0.1) is 0 Å². The van der Waals surface area contributed by atoms with E-state index in [9.17, 15) is 9.59 Å². The molecule has 0 N–H and O–H groups in total. The van der Waals surface area contributed by atoms with Crippen molar-refractivity contribution in [1.29, 1.82) is 0 Å². The Hall–Kier alpha value is -1.10. The molecular formula is C14H22N2O3. The highest BCUT2D eigenvalue weighted by Gasteiger charge is 2.40. The Morgan fingerprint density at radius 1 is 1.21 bits per heavy atom. The number of amides is 2. The fourth-order valence-corrected chi connectivity index (χ4v) is 3.37. The summed E-state index contributed by atoms with van der Waals surface area (Å²) in [4.78, 5) is 28.1. The predicted octanol–water partition coefficient (Wildman–Crippen LogP) is 0.636. The van der Waals surface area contributed by atoms with Crippen LogP contribution in [-0.4, -0.2) is 60.5 Å². The first-order valence-electron chi connectivity index (χ1n) is 7.41. The van der Waals surface area contributed by atoms with Crippen LogP contribution >= 0.6 is 0 Å². The van der Waals surface area contributed by atoms with Crippen LogP contribution in [0.5, 0.6) is 0 Å². The van der Waals surface area contributed by atoms with Crippen molar-refractivity contribution in [3.63, 3.8) is 0 Å². The number of carbonyl (C=O) groups excluding carboxylic acids is 2. The molecule has 0 saturated carbocycles. The molecule has 19 heavy (non-hydrogen) atoms. The number of hydrogen-bond acceptors (Lipinski definition) is 3. The number of piperidine rings is 1. The SMILES string of the molecule is O=C1C2CCCCN2C(=O)CN1CCC1CCOC1. The van der Waals surface area contributed by atoms with Crippen LogP contribution in [0.2, 0.25) is 0 Å². The van der Waals surface area contributed by atoms with Crippen molar-refractivity contribution in [2.45, 2.75) is 38.1 Å². The first-order valence-corrected chi connectivity index (χ1v) is 7.41. The van der Waals surface area contributed by atoms with Crippen molar-refractivity contribution in [3.05, 3.63) is 0 Å². The van der Waals surface area contributed by atoms with E-state index in [0.717, 1.165) is 51.9 Å². The molecule has 3 rings (SSSR count). The van der Waals surface area contributed by atoms with Gasteiger partial charge in [0, 0.05) is 26.3 Å². The van der Waals surface area contributed by atoms with Crippen molar-refractivity contribution in [1.82, 2.24) is 9.80 Å². The van der Waals surface area contributed by atoms with E-state index in [4.69, 9.17) is 4.74 Å². The third-order valence-electron chi connectivity index (χ3n) is 4.58. The molecule has 5 nitrogen and oxygen atoms in total. The molecule has 5 heteroatoms. The quantitative estimate of drug-likeness (QED) is 0.753. The summed E-state index contributed by atoms with van der Waals surface area (Å²) in [7, 11) is 0. The third-order valence-corrected chi connectivity index (χ3v) is 4.58. The maximum Gasteiger partial charge on any atom is 0.245 e. The van der Waals surface area contributed by atoms with E-state index in [0.29, 0.717) is 12.5 Å². The number of rotatable bonds is 3. The van der Waals surface area contributed by atoms with Crippen LogP contribution in [0.15, 0.2) is 0 Å². The normalized spacial score (nSPS) is 31.8. The van der Waals surface area contributed by atoms with Crippen LogP contribution in [-0.2, 0) is 14.3 Å². The molecule has 3 saturated heterocycles. The van der Waals surface area contributed by atoms with Gasteiger partial charge in [0.15, 0.2) is 0 Å². The highest BCUT2D eigenvalue weighted by molar-refractivity contribution is 5.95. The van der Waals surface area contributed by atoms with E-state index >= 15 is 0 Å². The van der Waals surface area contributed by atoms with Crippen molar-refractivity contribution < 1.29 is 14.3 Å². The van der Waals surface area contributed by atoms with Gasteiger partial charge in [0.1, 0.15) is 6.04 Å². The molecule has 0 aliphatic carbocycles. The van der Waals surface area contributed by atoms with Gasteiger partial charge in [-0.3, -0.25) is 9.59 Å². The molecule has 3 aliphatic rings. The predicted molar refractivity (Wildman–Crippen MR) is 69.5 cm³/mol. The topological polar surface area (TPSA) is 49.9 Å². The van der Waals surface area contributed by atoms with E-state index in [2.05, 4.69) is 0 Å². The molecule has 0 radical (unpaired) electrons. The maximum absolute atomic E-state index is 12.4. The summed E-state index contributed by atoms with van der Waals surface area (Å²) in [5.74, 6) is 0.859. The largest absolute Gasteiger partial charge is 0.381 e. The Kier molecular flexibility index (Phi) is 3.73. The summed E-state index contributed by atoms with van der Waals surface area (Å²) in [6.45, 7) is 3.41. The molecule has 0 aromatic heterocycles. The minimum Gasteiger partial charge on any atom is -0.381 e. The summed E-state index contributed by atoms with van der Waals surface area (Å²) < 4.78 is 5.35. The molecule has 3 aliphatic heterocycles. The number of nitrogens with zero attached hydrogens (tertiary/aromatic N) is 2. The van der Waals surface area contributed by atoms with Crippen LogP contribution in [0, 0.1) is 5.92 Å². The van der Waals surface area contributed by atoms with Crippen molar-refractivity contribution >= 4 is 11.8 Å². The Morgan fingerprint density at radius 3 is 2.89 bits per heavy atom. The van der Waals surface area contributed by atoms with E-state index in [-0.39, 0.29) is 24.4 Å². The van der Waals surface area contributed by atoms with E-state index < -0.39 is 0 Å². The van der Waals surface area contributed by atoms with Gasteiger partial charge in [-0.05, 0) is 38.0 Å². The van der Waals surface area contributed by atoms with Crippen LogP contribution in [0.1, 0.15) is 32.1 Å². The monoisotopic (exact) mass is 266 g/mol. The van der Waals surface area contributed by atoms with E-state index in [1.807, 2.05) is 0 Å². The molecule has 2 amide bonds. The van der Waals surface area contributed by atoms with E-state index in [1.54, 1.807) is 9.80 Å². The molecule has 3 heterocycles. The number of hydrogen-bond donors (Lipinski definition) is 0. The number of ether oxygens (including phenoxy) is 1. The van der Waals surface area contributed by atoms with Gasteiger partial charge in [-0.2, -0.15) is 0 Å². The second-order valence-electron chi connectivity index (χ2n) is 5.88. The van der Waals surface area contributed by atoms with Crippen LogP contribution in [0.3, 0.4) is 0 Å². The number of fused-ring (bicyclic) bond motifs is 1. The number of carbonyl (C=O) groups is 2. The zero-order valence-electron chi connectivity index (χ0n) is 11.3. The highest BCUT2D eigenvalue weighted by Crippen LogP contribution is 2.24. The Balaban J connectivity index is 1.59. The first kappa shape index (κ1) is 12.9. The van der Waals surface area contributed by atoms with Crippen LogP contribution in [0.4, 0.5) is 0 Å². The smallest absolute Gasteiger partial charge is 0.245 e. The fraction of sp³-hybridized carbons (Fsp3) is 0.857. The standard InChI is InChI=1S/C14H22N2O3/c17-13-9-15(7-4-11-5-8-19-10-11)14(18)12-3-1-2-6-16(12)13/h11-12H,1-10H2. The lowest BCUT2D eigenvalue weighted by Crippen LogP contribution is -2.61. The Bertz CT molecular complexity index is 366. The lowest BCUT2D eigenvalue weighted by Gasteiger charge is -2.43. The molecular weight excluding hydrogens is 244 g/mol. The molecule has 2 unspecified atom stereocenters. The third kappa shape index (κ3) is 2.61. The van der Waals surface area contributed by atoms with Gasteiger partial charge in [-0.25, -0.2) is 0 Å². The van der Waals surface area contributed by atoms with Crippen LogP contribution in [0.25, 0.3) is 0 Å². The van der Waals surface area contributed by atoms with E-state index in [1.165, 1.54) is 0 Å². The maximum atomic E-state index is 12.4. The average molecular weight is 266 g/mol. The van der Waals surface area contributed by atoms with Gasteiger partial charge in [0.05, 0.1) is 6.54 Å². The number of piperazine rings is 1. The molecule has 0 spiro atoms. The lowest BCUT2D eigenvalue weighted by atomic mass is 9.97.